The van der Waals surface area contributed by atoms with Gasteiger partial charge in [-0.3, -0.25) is 14.5 Å². The van der Waals surface area contributed by atoms with Crippen LogP contribution >= 0.6 is 0 Å². The molecule has 0 fully saturated rings. The third-order valence-corrected chi connectivity index (χ3v) is 1.57. The number of hydrogen-bond donors (Lipinski definition) is 1. The lowest BCUT2D eigenvalue weighted by atomic mass is 10.3. The van der Waals surface area contributed by atoms with Gasteiger partial charge in [-0.2, -0.15) is 0 Å². The molecule has 5 nitrogen and oxygen atoms in total. The monoisotopic (exact) mass is 189 g/mol. The van der Waals surface area contributed by atoms with E-state index in [2.05, 4.69) is 0 Å². The smallest absolute Gasteiger partial charge is 0.307 e. The van der Waals surface area contributed by atoms with Crippen molar-refractivity contribution in [1.29, 1.82) is 0 Å². The molecular formula is C8H15NO4. The molecule has 1 unspecified atom stereocenters. The Morgan fingerprint density at radius 1 is 1.38 bits per heavy atom. The topological polar surface area (TPSA) is 66.8 Å². The highest BCUT2D eigenvalue weighted by Crippen LogP contribution is 1.99. The van der Waals surface area contributed by atoms with Gasteiger partial charge in [0.2, 0.25) is 0 Å². The molecular weight excluding hydrogens is 174 g/mol. The predicted molar refractivity (Wildman–Crippen MR) is 46.1 cm³/mol. The summed E-state index contributed by atoms with van der Waals surface area (Å²) in [4.78, 5) is 22.8. The summed E-state index contributed by atoms with van der Waals surface area (Å²) >= 11 is 0. The van der Waals surface area contributed by atoms with Gasteiger partial charge in [0.25, 0.3) is 0 Å². The van der Waals surface area contributed by atoms with E-state index in [4.69, 9.17) is 9.84 Å². The summed E-state index contributed by atoms with van der Waals surface area (Å²) in [7, 11) is 3.55. The van der Waals surface area contributed by atoms with Crippen molar-refractivity contribution < 1.29 is 19.4 Å². The standard InChI is InChI=1S/C8H15NO4/c1-6(9(2)3)13-8(12)5-4-7(10)11/h6H,4-5H2,1-3H3,(H,10,11). The van der Waals surface area contributed by atoms with Crippen LogP contribution in [0.5, 0.6) is 0 Å². The van der Waals surface area contributed by atoms with Gasteiger partial charge in [0.05, 0.1) is 12.8 Å². The summed E-state index contributed by atoms with van der Waals surface area (Å²) in [6, 6.07) is 0. The van der Waals surface area contributed by atoms with Crippen molar-refractivity contribution >= 4 is 11.9 Å². The minimum absolute atomic E-state index is 0.0759. The Kier molecular flexibility index (Phi) is 5.06. The van der Waals surface area contributed by atoms with Crippen molar-refractivity contribution in [3.63, 3.8) is 0 Å². The first-order valence-electron chi connectivity index (χ1n) is 4.01. The molecule has 5 heteroatoms. The van der Waals surface area contributed by atoms with Crippen LogP contribution in [0.1, 0.15) is 19.8 Å². The molecule has 76 valence electrons. The summed E-state index contributed by atoms with van der Waals surface area (Å²) in [6.07, 6.45) is -0.576. The van der Waals surface area contributed by atoms with Crippen LogP contribution in [0.2, 0.25) is 0 Å². The van der Waals surface area contributed by atoms with E-state index in [1.165, 1.54) is 0 Å². The predicted octanol–water partition coefficient (Wildman–Crippen LogP) is 0.302. The van der Waals surface area contributed by atoms with Crippen LogP contribution in [0.4, 0.5) is 0 Å². The molecule has 0 heterocycles. The first-order chi connectivity index (χ1) is 5.93. The van der Waals surface area contributed by atoms with E-state index < -0.39 is 11.9 Å². The minimum Gasteiger partial charge on any atom is -0.481 e. The maximum absolute atomic E-state index is 11.0. The van der Waals surface area contributed by atoms with Gasteiger partial charge >= 0.3 is 11.9 Å². The molecule has 0 amide bonds. The van der Waals surface area contributed by atoms with Gasteiger partial charge in [0.15, 0.2) is 6.23 Å². The average molecular weight is 189 g/mol. The summed E-state index contributed by atoms with van der Waals surface area (Å²) in [5.41, 5.74) is 0. The normalized spacial score (nSPS) is 12.6. The molecule has 0 aromatic rings. The fourth-order valence-corrected chi connectivity index (χ4v) is 0.564. The van der Waals surface area contributed by atoms with Crippen molar-refractivity contribution in [1.82, 2.24) is 4.90 Å². The van der Waals surface area contributed by atoms with E-state index in [1.807, 2.05) is 0 Å². The molecule has 0 saturated carbocycles. The van der Waals surface area contributed by atoms with Crippen LogP contribution in [-0.2, 0) is 14.3 Å². The van der Waals surface area contributed by atoms with E-state index in [-0.39, 0.29) is 19.1 Å². The van der Waals surface area contributed by atoms with Gasteiger partial charge in [-0.1, -0.05) is 0 Å². The lowest BCUT2D eigenvalue weighted by Gasteiger charge is -2.19. The number of carbonyl (C=O) groups excluding carboxylic acids is 1. The molecule has 0 radical (unpaired) electrons. The van der Waals surface area contributed by atoms with Crippen LogP contribution in [0.15, 0.2) is 0 Å². The molecule has 0 bridgehead atoms. The zero-order chi connectivity index (χ0) is 10.4. The molecule has 1 N–H and O–H groups in total. The van der Waals surface area contributed by atoms with Crippen molar-refractivity contribution in [2.45, 2.75) is 26.0 Å². The Labute approximate surface area is 77.3 Å². The summed E-state index contributed by atoms with van der Waals surface area (Å²) < 4.78 is 4.89. The second-order valence-electron chi connectivity index (χ2n) is 2.95. The fourth-order valence-electron chi connectivity index (χ4n) is 0.564. The van der Waals surface area contributed by atoms with Crippen molar-refractivity contribution in [3.05, 3.63) is 0 Å². The minimum atomic E-state index is -0.991. The maximum Gasteiger partial charge on any atom is 0.307 e. The van der Waals surface area contributed by atoms with E-state index in [0.29, 0.717) is 0 Å². The Hall–Kier alpha value is -1.10. The molecule has 0 rings (SSSR count). The second-order valence-corrected chi connectivity index (χ2v) is 2.95. The molecule has 0 aromatic carbocycles. The lowest BCUT2D eigenvalue weighted by molar-refractivity contribution is -0.157. The molecule has 0 aromatic heterocycles. The van der Waals surface area contributed by atoms with Crippen LogP contribution in [-0.4, -0.2) is 42.3 Å². The van der Waals surface area contributed by atoms with Crippen LogP contribution < -0.4 is 0 Å². The number of hydrogen-bond acceptors (Lipinski definition) is 4. The summed E-state index contributed by atoms with van der Waals surface area (Å²) in [6.45, 7) is 1.72. The molecule has 0 aliphatic rings. The second kappa shape index (κ2) is 5.53. The SMILES string of the molecule is CC(OC(=O)CCC(=O)O)N(C)C. The highest BCUT2D eigenvalue weighted by Gasteiger charge is 2.11. The molecule has 0 aliphatic heterocycles. The number of carboxylic acid groups (broad SMARTS) is 1. The van der Waals surface area contributed by atoms with E-state index >= 15 is 0 Å². The largest absolute Gasteiger partial charge is 0.481 e. The molecule has 0 spiro atoms. The zero-order valence-electron chi connectivity index (χ0n) is 8.11. The molecule has 0 saturated heterocycles. The van der Waals surface area contributed by atoms with Gasteiger partial charge in [0, 0.05) is 0 Å². The summed E-state index contributed by atoms with van der Waals surface area (Å²) in [5, 5.41) is 8.29. The van der Waals surface area contributed by atoms with E-state index in [1.54, 1.807) is 25.9 Å². The van der Waals surface area contributed by atoms with Gasteiger partial charge in [-0.05, 0) is 21.0 Å². The Bertz CT molecular complexity index is 191. The van der Waals surface area contributed by atoms with Gasteiger partial charge in [-0.25, -0.2) is 0 Å². The summed E-state index contributed by atoms with van der Waals surface area (Å²) in [5.74, 6) is -1.47. The number of aliphatic carboxylic acids is 1. The number of carbonyl (C=O) groups is 2. The van der Waals surface area contributed by atoms with Crippen LogP contribution in [0.25, 0.3) is 0 Å². The first-order valence-corrected chi connectivity index (χ1v) is 4.01. The fraction of sp³-hybridized carbons (Fsp3) is 0.750. The van der Waals surface area contributed by atoms with E-state index in [0.717, 1.165) is 0 Å². The molecule has 0 aliphatic carbocycles. The van der Waals surface area contributed by atoms with Crippen molar-refractivity contribution in [2.24, 2.45) is 0 Å². The number of nitrogens with zero attached hydrogens (tertiary/aromatic N) is 1. The number of ether oxygens (including phenoxy) is 1. The van der Waals surface area contributed by atoms with Crippen LogP contribution in [0.3, 0.4) is 0 Å². The van der Waals surface area contributed by atoms with Crippen molar-refractivity contribution in [3.8, 4) is 0 Å². The molecule has 13 heavy (non-hydrogen) atoms. The van der Waals surface area contributed by atoms with Gasteiger partial charge in [-0.15, -0.1) is 0 Å². The number of rotatable bonds is 5. The highest BCUT2D eigenvalue weighted by molar-refractivity contribution is 5.76. The molecule has 1 atom stereocenters. The third kappa shape index (κ3) is 6.10. The van der Waals surface area contributed by atoms with Crippen LogP contribution in [0, 0.1) is 0 Å². The highest BCUT2D eigenvalue weighted by atomic mass is 16.6. The zero-order valence-corrected chi connectivity index (χ0v) is 8.11. The average Bonchev–Trinajstić information content (AvgIpc) is 2.00. The lowest BCUT2D eigenvalue weighted by Crippen LogP contribution is -2.30. The Morgan fingerprint density at radius 3 is 2.31 bits per heavy atom. The Morgan fingerprint density at radius 2 is 1.92 bits per heavy atom. The van der Waals surface area contributed by atoms with Gasteiger partial charge < -0.3 is 9.84 Å². The van der Waals surface area contributed by atoms with Crippen molar-refractivity contribution in [2.75, 3.05) is 14.1 Å². The van der Waals surface area contributed by atoms with Gasteiger partial charge in [0.1, 0.15) is 0 Å². The van der Waals surface area contributed by atoms with E-state index in [9.17, 15) is 9.59 Å². The number of carboxylic acids is 1. The maximum atomic E-state index is 11.0. The third-order valence-electron chi connectivity index (χ3n) is 1.57. The Balaban J connectivity index is 3.68. The first kappa shape index (κ1) is 11.9. The quantitative estimate of drug-likeness (QED) is 0.497. The number of esters is 1.